The lowest BCUT2D eigenvalue weighted by atomic mass is 9.99. The Morgan fingerprint density at radius 1 is 1.21 bits per heavy atom. The highest BCUT2D eigenvalue weighted by atomic mass is 35.5. The van der Waals surface area contributed by atoms with E-state index in [0.29, 0.717) is 29.2 Å². The lowest BCUT2D eigenvalue weighted by Crippen LogP contribution is -2.43. The quantitative estimate of drug-likeness (QED) is 0.794. The number of carbonyl (C=O) groups excluding carboxylic acids is 2. The van der Waals surface area contributed by atoms with E-state index in [1.165, 1.54) is 6.20 Å². The Morgan fingerprint density at radius 3 is 2.75 bits per heavy atom. The topological polar surface area (TPSA) is 62.3 Å². The van der Waals surface area contributed by atoms with Crippen LogP contribution in [0.25, 0.3) is 0 Å². The van der Waals surface area contributed by atoms with Crippen molar-refractivity contribution in [3.05, 3.63) is 64.4 Å². The summed E-state index contributed by atoms with van der Waals surface area (Å²) < 4.78 is 0. The number of likely N-dealkylation sites (tertiary alicyclic amines) is 1. The average Bonchev–Trinajstić information content (AvgIpc) is 2.74. The van der Waals surface area contributed by atoms with Gasteiger partial charge in [0.15, 0.2) is 0 Å². The maximum absolute atomic E-state index is 12.9. The number of piperidine rings is 1. The number of nitrogens with one attached hydrogen (secondary N) is 1. The SMILES string of the molecule is CCC1CCCCN1C(=O)c1cc(C(=O)NCCc2ccc(Cl)cc2)ccn1. The van der Waals surface area contributed by atoms with Crippen LogP contribution in [0.2, 0.25) is 5.02 Å². The number of nitrogens with zero attached hydrogens (tertiary/aromatic N) is 2. The van der Waals surface area contributed by atoms with Gasteiger partial charge in [0.05, 0.1) is 0 Å². The molecule has 1 aromatic heterocycles. The molecule has 0 saturated carbocycles. The van der Waals surface area contributed by atoms with Crippen molar-refractivity contribution in [2.24, 2.45) is 0 Å². The van der Waals surface area contributed by atoms with Gasteiger partial charge in [0.25, 0.3) is 11.8 Å². The molecule has 28 heavy (non-hydrogen) atoms. The third-order valence-electron chi connectivity index (χ3n) is 5.21. The molecule has 5 nitrogen and oxygen atoms in total. The first-order valence-corrected chi connectivity index (χ1v) is 10.3. The minimum Gasteiger partial charge on any atom is -0.352 e. The normalized spacial score (nSPS) is 16.6. The molecular weight excluding hydrogens is 374 g/mol. The summed E-state index contributed by atoms with van der Waals surface area (Å²) in [7, 11) is 0. The number of benzene rings is 1. The van der Waals surface area contributed by atoms with Crippen LogP contribution in [0, 0.1) is 0 Å². The zero-order valence-electron chi connectivity index (χ0n) is 16.2. The molecule has 1 fully saturated rings. The first kappa shape index (κ1) is 20.3. The van der Waals surface area contributed by atoms with Crippen molar-refractivity contribution in [3.63, 3.8) is 0 Å². The van der Waals surface area contributed by atoms with Crippen molar-refractivity contribution >= 4 is 23.4 Å². The third-order valence-corrected chi connectivity index (χ3v) is 5.46. The summed E-state index contributed by atoms with van der Waals surface area (Å²) in [6, 6.07) is 11.1. The summed E-state index contributed by atoms with van der Waals surface area (Å²) in [5.41, 5.74) is 1.90. The fourth-order valence-electron chi connectivity index (χ4n) is 3.60. The lowest BCUT2D eigenvalue weighted by Gasteiger charge is -2.35. The van der Waals surface area contributed by atoms with Gasteiger partial charge in [-0.15, -0.1) is 0 Å². The van der Waals surface area contributed by atoms with Gasteiger partial charge < -0.3 is 10.2 Å². The van der Waals surface area contributed by atoms with Gasteiger partial charge in [0.2, 0.25) is 0 Å². The molecule has 0 spiro atoms. The summed E-state index contributed by atoms with van der Waals surface area (Å²) in [4.78, 5) is 31.5. The van der Waals surface area contributed by atoms with E-state index in [9.17, 15) is 9.59 Å². The maximum Gasteiger partial charge on any atom is 0.272 e. The van der Waals surface area contributed by atoms with E-state index >= 15 is 0 Å². The van der Waals surface area contributed by atoms with Crippen LogP contribution in [-0.4, -0.2) is 40.8 Å². The Labute approximate surface area is 171 Å². The van der Waals surface area contributed by atoms with Crippen LogP contribution in [0.1, 0.15) is 59.0 Å². The molecule has 0 aliphatic carbocycles. The first-order valence-electron chi connectivity index (χ1n) is 9.88. The Kier molecular flexibility index (Phi) is 7.04. The van der Waals surface area contributed by atoms with Gasteiger partial charge in [-0.25, -0.2) is 0 Å². The molecule has 6 heteroatoms. The summed E-state index contributed by atoms with van der Waals surface area (Å²) >= 11 is 5.88. The fraction of sp³-hybridized carbons (Fsp3) is 0.409. The van der Waals surface area contributed by atoms with Crippen LogP contribution >= 0.6 is 11.6 Å². The van der Waals surface area contributed by atoms with Gasteiger partial charge >= 0.3 is 0 Å². The molecule has 0 radical (unpaired) electrons. The Morgan fingerprint density at radius 2 is 2.00 bits per heavy atom. The van der Waals surface area contributed by atoms with Crippen molar-refractivity contribution in [2.45, 2.75) is 45.1 Å². The molecule has 1 aromatic carbocycles. The number of carbonyl (C=O) groups is 2. The largest absolute Gasteiger partial charge is 0.352 e. The van der Waals surface area contributed by atoms with Gasteiger partial charge in [0, 0.05) is 35.9 Å². The van der Waals surface area contributed by atoms with Gasteiger partial charge in [-0.2, -0.15) is 0 Å². The van der Waals surface area contributed by atoms with Crippen LogP contribution in [0.5, 0.6) is 0 Å². The van der Waals surface area contributed by atoms with Crippen LogP contribution in [-0.2, 0) is 6.42 Å². The summed E-state index contributed by atoms with van der Waals surface area (Å²) in [5.74, 6) is -0.279. The van der Waals surface area contributed by atoms with E-state index in [1.807, 2.05) is 29.2 Å². The predicted octanol–water partition coefficient (Wildman–Crippen LogP) is 4.11. The van der Waals surface area contributed by atoms with E-state index in [-0.39, 0.29) is 17.9 Å². The number of pyridine rings is 1. The monoisotopic (exact) mass is 399 g/mol. The molecule has 1 atom stereocenters. The molecule has 1 aliphatic heterocycles. The van der Waals surface area contributed by atoms with E-state index in [2.05, 4.69) is 17.2 Å². The van der Waals surface area contributed by atoms with Crippen molar-refractivity contribution < 1.29 is 9.59 Å². The van der Waals surface area contributed by atoms with Gasteiger partial charge in [-0.05, 0) is 61.9 Å². The second-order valence-electron chi connectivity index (χ2n) is 7.12. The second-order valence-corrected chi connectivity index (χ2v) is 7.55. The molecule has 1 aliphatic rings. The lowest BCUT2D eigenvalue weighted by molar-refractivity contribution is 0.0602. The van der Waals surface area contributed by atoms with E-state index < -0.39 is 0 Å². The third kappa shape index (κ3) is 5.10. The number of amides is 2. The van der Waals surface area contributed by atoms with Crippen molar-refractivity contribution in [2.75, 3.05) is 13.1 Å². The Hall–Kier alpha value is -2.40. The molecule has 1 saturated heterocycles. The number of rotatable bonds is 6. The summed E-state index contributed by atoms with van der Waals surface area (Å²) in [6.45, 7) is 3.38. The zero-order chi connectivity index (χ0) is 19.9. The molecule has 0 bridgehead atoms. The van der Waals surface area contributed by atoms with Crippen molar-refractivity contribution in [3.8, 4) is 0 Å². The van der Waals surface area contributed by atoms with Gasteiger partial charge in [0.1, 0.15) is 5.69 Å². The first-order chi connectivity index (χ1) is 13.6. The highest BCUT2D eigenvalue weighted by molar-refractivity contribution is 6.30. The standard InChI is InChI=1S/C22H26ClN3O2/c1-2-19-5-3-4-14-26(19)22(28)20-15-17(11-13-24-20)21(27)25-12-10-16-6-8-18(23)9-7-16/h6-9,11,13,15,19H,2-5,10,12,14H2,1H3,(H,25,27). The summed E-state index contributed by atoms with van der Waals surface area (Å²) in [5, 5.41) is 3.60. The minimum absolute atomic E-state index is 0.0811. The molecule has 2 aromatic rings. The Balaban J connectivity index is 1.60. The number of hydrogen-bond donors (Lipinski definition) is 1. The molecule has 3 rings (SSSR count). The van der Waals surface area contributed by atoms with Crippen LogP contribution in [0.15, 0.2) is 42.6 Å². The van der Waals surface area contributed by atoms with E-state index in [4.69, 9.17) is 11.6 Å². The molecule has 1 unspecified atom stereocenters. The average molecular weight is 400 g/mol. The summed E-state index contributed by atoms with van der Waals surface area (Å²) in [6.07, 6.45) is 6.40. The van der Waals surface area contributed by atoms with Crippen LogP contribution in [0.3, 0.4) is 0 Å². The Bertz CT molecular complexity index is 823. The highest BCUT2D eigenvalue weighted by Gasteiger charge is 2.27. The zero-order valence-corrected chi connectivity index (χ0v) is 16.9. The minimum atomic E-state index is -0.198. The van der Waals surface area contributed by atoms with Crippen molar-refractivity contribution in [1.29, 1.82) is 0 Å². The fourth-order valence-corrected chi connectivity index (χ4v) is 3.73. The highest BCUT2D eigenvalue weighted by Crippen LogP contribution is 2.21. The van der Waals surface area contributed by atoms with Crippen LogP contribution < -0.4 is 5.32 Å². The van der Waals surface area contributed by atoms with Gasteiger partial charge in [-0.3, -0.25) is 14.6 Å². The van der Waals surface area contributed by atoms with E-state index in [0.717, 1.165) is 37.8 Å². The van der Waals surface area contributed by atoms with Crippen molar-refractivity contribution in [1.82, 2.24) is 15.2 Å². The number of aromatic nitrogens is 1. The predicted molar refractivity (Wildman–Crippen MR) is 111 cm³/mol. The smallest absolute Gasteiger partial charge is 0.272 e. The molecular formula is C22H26ClN3O2. The van der Waals surface area contributed by atoms with E-state index in [1.54, 1.807) is 12.1 Å². The molecule has 148 valence electrons. The van der Waals surface area contributed by atoms with Crippen LogP contribution in [0.4, 0.5) is 0 Å². The molecule has 2 heterocycles. The maximum atomic E-state index is 12.9. The molecule has 2 amide bonds. The van der Waals surface area contributed by atoms with Gasteiger partial charge in [-0.1, -0.05) is 30.7 Å². The number of hydrogen-bond acceptors (Lipinski definition) is 3. The second kappa shape index (κ2) is 9.69. The number of halogens is 1. The molecule has 1 N–H and O–H groups in total.